The summed E-state index contributed by atoms with van der Waals surface area (Å²) in [6, 6.07) is 15.0. The number of imide groups is 2. The molecule has 1 fully saturated rings. The van der Waals surface area contributed by atoms with E-state index in [2.05, 4.69) is 10.6 Å². The van der Waals surface area contributed by atoms with Crippen molar-refractivity contribution < 1.29 is 28.7 Å². The predicted octanol–water partition coefficient (Wildman–Crippen LogP) is 4.91. The molecule has 1 aliphatic rings. The van der Waals surface area contributed by atoms with Gasteiger partial charge in [-0.2, -0.15) is 0 Å². The zero-order valence-electron chi connectivity index (χ0n) is 21.8. The van der Waals surface area contributed by atoms with E-state index in [0.29, 0.717) is 32.0 Å². The number of nitrogens with zero attached hydrogens (tertiary/aromatic N) is 1. The van der Waals surface area contributed by atoms with Gasteiger partial charge in [0.25, 0.3) is 17.7 Å². The van der Waals surface area contributed by atoms with Gasteiger partial charge in [0, 0.05) is 5.69 Å². The summed E-state index contributed by atoms with van der Waals surface area (Å²) in [5.41, 5.74) is 4.15. The molecule has 0 atom stereocenters. The van der Waals surface area contributed by atoms with Crippen molar-refractivity contribution in [1.29, 1.82) is 0 Å². The Balaban J connectivity index is 1.57. The summed E-state index contributed by atoms with van der Waals surface area (Å²) in [5, 5.41) is 5.04. The molecule has 10 heteroatoms. The fourth-order valence-corrected chi connectivity index (χ4v) is 4.70. The second-order valence-electron chi connectivity index (χ2n) is 8.91. The molecule has 9 nitrogen and oxygen atoms in total. The third-order valence-electron chi connectivity index (χ3n) is 6.18. The molecule has 4 rings (SSSR count). The molecule has 1 heterocycles. The van der Waals surface area contributed by atoms with E-state index in [1.807, 2.05) is 61.6 Å². The van der Waals surface area contributed by atoms with Gasteiger partial charge in [-0.3, -0.25) is 19.7 Å². The van der Waals surface area contributed by atoms with Crippen molar-refractivity contribution in [2.45, 2.75) is 20.8 Å². The van der Waals surface area contributed by atoms with E-state index >= 15 is 0 Å². The highest BCUT2D eigenvalue weighted by atomic mass is 127. The van der Waals surface area contributed by atoms with Crippen molar-refractivity contribution in [2.24, 2.45) is 0 Å². The lowest BCUT2D eigenvalue weighted by molar-refractivity contribution is -0.122. The highest BCUT2D eigenvalue weighted by Crippen LogP contribution is 2.35. The maximum absolute atomic E-state index is 13.3. The quantitative estimate of drug-likeness (QED) is 0.216. The van der Waals surface area contributed by atoms with Crippen LogP contribution in [-0.4, -0.2) is 37.5 Å². The molecule has 1 saturated heterocycles. The van der Waals surface area contributed by atoms with Crippen molar-refractivity contribution in [3.05, 3.63) is 86.0 Å². The summed E-state index contributed by atoms with van der Waals surface area (Å²) in [6.45, 7) is 5.43. The average molecular weight is 639 g/mol. The Kier molecular flexibility index (Phi) is 8.34. The van der Waals surface area contributed by atoms with E-state index in [9.17, 15) is 19.2 Å². The maximum atomic E-state index is 13.3. The minimum atomic E-state index is -0.815. The van der Waals surface area contributed by atoms with E-state index in [-0.39, 0.29) is 18.1 Å². The molecule has 200 valence electrons. The molecule has 3 aromatic rings. The molecule has 5 amide bonds. The lowest BCUT2D eigenvalue weighted by Gasteiger charge is -2.27. The molecule has 0 aliphatic carbocycles. The highest BCUT2D eigenvalue weighted by molar-refractivity contribution is 14.1. The smallest absolute Gasteiger partial charge is 0.335 e. The monoisotopic (exact) mass is 639 g/mol. The van der Waals surface area contributed by atoms with Crippen molar-refractivity contribution in [3.8, 4) is 11.5 Å². The van der Waals surface area contributed by atoms with E-state index in [4.69, 9.17) is 9.47 Å². The number of hydrogen-bond donors (Lipinski definition) is 2. The number of methoxy groups -OCH3 is 1. The van der Waals surface area contributed by atoms with Gasteiger partial charge in [0.15, 0.2) is 18.1 Å². The number of anilines is 2. The van der Waals surface area contributed by atoms with E-state index in [0.717, 1.165) is 21.6 Å². The number of aryl methyl sites for hydroxylation is 3. The minimum absolute atomic E-state index is 0.211. The SMILES string of the molecule is COc1cc(/C=C2/C(=O)NC(=O)N(c3ccc(C)c(C)c3)C2=O)cc(I)c1OCC(=O)Nc1ccccc1C. The number of benzene rings is 3. The summed E-state index contributed by atoms with van der Waals surface area (Å²) in [4.78, 5) is 51.8. The van der Waals surface area contributed by atoms with Crippen LogP contribution in [0, 0.1) is 24.3 Å². The molecule has 0 saturated carbocycles. The molecule has 0 radical (unpaired) electrons. The number of halogens is 1. The summed E-state index contributed by atoms with van der Waals surface area (Å²) in [6.07, 6.45) is 1.39. The van der Waals surface area contributed by atoms with Gasteiger partial charge >= 0.3 is 6.03 Å². The van der Waals surface area contributed by atoms with Gasteiger partial charge in [-0.15, -0.1) is 0 Å². The van der Waals surface area contributed by atoms with Crippen molar-refractivity contribution in [2.75, 3.05) is 23.9 Å². The molecule has 2 N–H and O–H groups in total. The Morgan fingerprint density at radius 3 is 2.44 bits per heavy atom. The first-order valence-corrected chi connectivity index (χ1v) is 13.0. The number of barbiturate groups is 1. The van der Waals surface area contributed by atoms with Gasteiger partial charge in [-0.25, -0.2) is 9.69 Å². The van der Waals surface area contributed by atoms with Crippen LogP contribution in [0.15, 0.2) is 60.2 Å². The van der Waals surface area contributed by atoms with Crippen LogP contribution in [0.4, 0.5) is 16.2 Å². The number of rotatable bonds is 7. The zero-order valence-corrected chi connectivity index (χ0v) is 23.9. The number of hydrogen-bond acceptors (Lipinski definition) is 6. The van der Waals surface area contributed by atoms with Gasteiger partial charge < -0.3 is 14.8 Å². The van der Waals surface area contributed by atoms with E-state index in [1.165, 1.54) is 13.2 Å². The van der Waals surface area contributed by atoms with Gasteiger partial charge in [0.2, 0.25) is 0 Å². The molecular formula is C29H26IN3O6. The van der Waals surface area contributed by atoms with Crippen LogP contribution in [0.25, 0.3) is 6.08 Å². The summed E-state index contributed by atoms with van der Waals surface area (Å²) >= 11 is 2.02. The third-order valence-corrected chi connectivity index (χ3v) is 6.98. The first-order chi connectivity index (χ1) is 18.6. The van der Waals surface area contributed by atoms with E-state index < -0.39 is 17.8 Å². The van der Waals surface area contributed by atoms with Crippen molar-refractivity contribution >= 4 is 63.8 Å². The molecule has 1 aliphatic heterocycles. The lowest BCUT2D eigenvalue weighted by atomic mass is 10.0. The van der Waals surface area contributed by atoms with Crippen LogP contribution in [0.1, 0.15) is 22.3 Å². The second kappa shape index (κ2) is 11.7. The van der Waals surface area contributed by atoms with Crippen LogP contribution in [0.3, 0.4) is 0 Å². The minimum Gasteiger partial charge on any atom is -0.493 e. The molecule has 0 aromatic heterocycles. The summed E-state index contributed by atoms with van der Waals surface area (Å²) in [5.74, 6) is -1.23. The third kappa shape index (κ3) is 6.11. The topological polar surface area (TPSA) is 114 Å². The van der Waals surface area contributed by atoms with Gasteiger partial charge in [-0.05, 0) is 102 Å². The lowest BCUT2D eigenvalue weighted by Crippen LogP contribution is -2.54. The number of nitrogens with one attached hydrogen (secondary N) is 2. The molecule has 39 heavy (non-hydrogen) atoms. The fraction of sp³-hybridized carbons (Fsp3) is 0.172. The van der Waals surface area contributed by atoms with Crippen LogP contribution in [0.2, 0.25) is 0 Å². The number of urea groups is 1. The number of para-hydroxylation sites is 1. The predicted molar refractivity (Wildman–Crippen MR) is 156 cm³/mol. The summed E-state index contributed by atoms with van der Waals surface area (Å²) in [7, 11) is 1.45. The fourth-order valence-electron chi connectivity index (χ4n) is 3.92. The first kappa shape index (κ1) is 27.8. The van der Waals surface area contributed by atoms with Gasteiger partial charge in [0.1, 0.15) is 5.57 Å². The van der Waals surface area contributed by atoms with Crippen molar-refractivity contribution in [3.63, 3.8) is 0 Å². The Hall–Kier alpha value is -4.19. The molecular weight excluding hydrogens is 613 g/mol. The maximum Gasteiger partial charge on any atom is 0.335 e. The number of ether oxygens (including phenoxy) is 2. The average Bonchev–Trinajstić information content (AvgIpc) is 2.89. The molecule has 3 aromatic carbocycles. The van der Waals surface area contributed by atoms with Crippen LogP contribution < -0.4 is 25.0 Å². The Labute approximate surface area is 239 Å². The number of carbonyl (C=O) groups is 4. The number of carbonyl (C=O) groups excluding carboxylic acids is 4. The van der Waals surface area contributed by atoms with E-state index in [1.54, 1.807) is 36.4 Å². The number of amides is 5. The largest absolute Gasteiger partial charge is 0.493 e. The Morgan fingerprint density at radius 2 is 1.74 bits per heavy atom. The van der Waals surface area contributed by atoms with Gasteiger partial charge in [0.05, 0.1) is 16.4 Å². The molecule has 0 bridgehead atoms. The Bertz CT molecular complexity index is 1530. The van der Waals surface area contributed by atoms with Crippen LogP contribution in [0.5, 0.6) is 11.5 Å². The highest BCUT2D eigenvalue weighted by Gasteiger charge is 2.37. The molecule has 0 unspecified atom stereocenters. The van der Waals surface area contributed by atoms with Crippen molar-refractivity contribution in [1.82, 2.24) is 5.32 Å². The normalized spacial score (nSPS) is 14.3. The van der Waals surface area contributed by atoms with Crippen LogP contribution in [-0.2, 0) is 14.4 Å². The summed E-state index contributed by atoms with van der Waals surface area (Å²) < 4.78 is 11.8. The van der Waals surface area contributed by atoms with Crippen LogP contribution >= 0.6 is 22.6 Å². The second-order valence-corrected chi connectivity index (χ2v) is 10.1. The first-order valence-electron chi connectivity index (χ1n) is 11.9. The molecule has 0 spiro atoms. The zero-order chi connectivity index (χ0) is 28.3. The standard InChI is InChI=1S/C29H26IN3O6/c1-16-9-10-20(11-18(16)3)33-28(36)21(27(35)32-29(33)37)12-19-13-22(30)26(24(14-19)38-4)39-15-25(34)31-23-8-6-5-7-17(23)2/h5-14H,15H2,1-4H3,(H,31,34)(H,32,35,37)/b21-12-. The Morgan fingerprint density at radius 1 is 1.00 bits per heavy atom. The van der Waals surface area contributed by atoms with Gasteiger partial charge in [-0.1, -0.05) is 24.3 Å².